The van der Waals surface area contributed by atoms with E-state index in [2.05, 4.69) is 10.4 Å². The third kappa shape index (κ3) is 4.57. The maximum absolute atomic E-state index is 13.1. The number of nitrogens with one attached hydrogen (secondary N) is 1. The standard InChI is InChI=1S/C23H25ClN4O3S/c1-16-22(32(30,31)27-13-3-4-14-27)17(2)28(26-16)15-18-5-7-19(8-6-18)23(29)25-21-11-9-20(24)10-12-21/h5-12H,3-4,13-15H2,1-2H3,(H,25,29). The predicted molar refractivity (Wildman–Crippen MR) is 125 cm³/mol. The highest BCUT2D eigenvalue weighted by Crippen LogP contribution is 2.27. The minimum absolute atomic E-state index is 0.219. The van der Waals surface area contributed by atoms with E-state index >= 15 is 0 Å². The van der Waals surface area contributed by atoms with E-state index in [4.69, 9.17) is 11.6 Å². The molecule has 1 amide bonds. The Hall–Kier alpha value is -2.68. The number of halogens is 1. The topological polar surface area (TPSA) is 84.3 Å². The fourth-order valence-electron chi connectivity index (χ4n) is 3.94. The summed E-state index contributed by atoms with van der Waals surface area (Å²) in [6, 6.07) is 14.1. The number of nitrogens with zero attached hydrogens (tertiary/aromatic N) is 3. The molecule has 0 saturated carbocycles. The molecule has 32 heavy (non-hydrogen) atoms. The van der Waals surface area contributed by atoms with Gasteiger partial charge in [-0.25, -0.2) is 8.42 Å². The number of aromatic nitrogens is 2. The van der Waals surface area contributed by atoms with E-state index in [0.717, 1.165) is 18.4 Å². The van der Waals surface area contributed by atoms with Crippen LogP contribution in [-0.2, 0) is 16.6 Å². The quantitative estimate of drug-likeness (QED) is 0.581. The molecule has 1 fully saturated rings. The minimum atomic E-state index is -3.53. The molecule has 2 heterocycles. The molecule has 0 spiro atoms. The zero-order valence-corrected chi connectivity index (χ0v) is 19.6. The van der Waals surface area contributed by atoms with Gasteiger partial charge < -0.3 is 5.32 Å². The summed E-state index contributed by atoms with van der Waals surface area (Å²) in [4.78, 5) is 12.8. The first-order valence-corrected chi connectivity index (χ1v) is 12.3. The second-order valence-electron chi connectivity index (χ2n) is 7.93. The second-order valence-corrected chi connectivity index (χ2v) is 10.2. The first-order chi connectivity index (χ1) is 15.3. The highest BCUT2D eigenvalue weighted by atomic mass is 35.5. The number of rotatable bonds is 6. The van der Waals surface area contributed by atoms with Crippen LogP contribution in [0, 0.1) is 13.8 Å². The Morgan fingerprint density at radius 2 is 1.66 bits per heavy atom. The van der Waals surface area contributed by atoms with Crippen molar-refractivity contribution in [2.45, 2.75) is 38.1 Å². The van der Waals surface area contributed by atoms with Crippen molar-refractivity contribution in [3.8, 4) is 0 Å². The predicted octanol–water partition coefficient (Wildman–Crippen LogP) is 4.24. The normalized spacial score (nSPS) is 14.6. The fourth-order valence-corrected chi connectivity index (χ4v) is 5.95. The van der Waals surface area contributed by atoms with Crippen molar-refractivity contribution in [3.63, 3.8) is 0 Å². The van der Waals surface area contributed by atoms with E-state index in [1.54, 1.807) is 59.2 Å². The summed E-state index contributed by atoms with van der Waals surface area (Å²) in [6.07, 6.45) is 1.78. The summed E-state index contributed by atoms with van der Waals surface area (Å²) in [5, 5.41) is 7.92. The maximum atomic E-state index is 13.1. The van der Waals surface area contributed by atoms with Crippen molar-refractivity contribution in [2.75, 3.05) is 18.4 Å². The van der Waals surface area contributed by atoms with E-state index in [9.17, 15) is 13.2 Å². The number of sulfonamides is 1. The molecule has 7 nitrogen and oxygen atoms in total. The molecule has 9 heteroatoms. The van der Waals surface area contributed by atoms with Crippen LogP contribution in [0.2, 0.25) is 5.02 Å². The molecule has 168 valence electrons. The van der Waals surface area contributed by atoms with E-state index in [0.29, 0.717) is 52.2 Å². The third-order valence-corrected chi connectivity index (χ3v) is 8.03. The van der Waals surface area contributed by atoms with Gasteiger partial charge >= 0.3 is 0 Å². The number of hydrogen-bond donors (Lipinski definition) is 1. The van der Waals surface area contributed by atoms with Crippen molar-refractivity contribution in [1.82, 2.24) is 14.1 Å². The van der Waals surface area contributed by atoms with Gasteiger partial charge in [0.05, 0.1) is 17.9 Å². The van der Waals surface area contributed by atoms with Crippen molar-refractivity contribution >= 4 is 33.2 Å². The first kappa shape index (κ1) is 22.5. The lowest BCUT2D eigenvalue weighted by Gasteiger charge is -2.15. The monoisotopic (exact) mass is 472 g/mol. The van der Waals surface area contributed by atoms with Gasteiger partial charge in [-0.2, -0.15) is 9.40 Å². The molecular weight excluding hydrogens is 448 g/mol. The van der Waals surface area contributed by atoms with Gasteiger partial charge in [0.25, 0.3) is 5.91 Å². The van der Waals surface area contributed by atoms with Gasteiger partial charge in [-0.3, -0.25) is 9.48 Å². The lowest BCUT2D eigenvalue weighted by Crippen LogP contribution is -2.28. The highest BCUT2D eigenvalue weighted by Gasteiger charge is 2.32. The molecule has 0 radical (unpaired) electrons. The lowest BCUT2D eigenvalue weighted by atomic mass is 10.1. The zero-order valence-electron chi connectivity index (χ0n) is 18.0. The number of carbonyl (C=O) groups excluding carboxylic acids is 1. The number of aryl methyl sites for hydroxylation is 1. The second kappa shape index (κ2) is 9.05. The molecule has 1 aromatic heterocycles. The van der Waals surface area contributed by atoms with Crippen molar-refractivity contribution < 1.29 is 13.2 Å². The van der Waals surface area contributed by atoms with Gasteiger partial charge in [-0.05, 0) is 68.7 Å². The Labute approximate surface area is 193 Å². The summed E-state index contributed by atoms with van der Waals surface area (Å²) in [5.74, 6) is -0.219. The van der Waals surface area contributed by atoms with Crippen molar-refractivity contribution in [1.29, 1.82) is 0 Å². The summed E-state index contributed by atoms with van der Waals surface area (Å²) >= 11 is 5.87. The average molecular weight is 473 g/mol. The van der Waals surface area contributed by atoms with Gasteiger partial charge in [0.1, 0.15) is 4.90 Å². The Kier molecular flexibility index (Phi) is 6.37. The molecule has 1 N–H and O–H groups in total. The number of anilines is 1. The van der Waals surface area contributed by atoms with Crippen molar-refractivity contribution in [3.05, 3.63) is 76.1 Å². The number of amides is 1. The van der Waals surface area contributed by atoms with Gasteiger partial charge in [-0.15, -0.1) is 0 Å². The zero-order chi connectivity index (χ0) is 22.9. The number of benzene rings is 2. The number of carbonyl (C=O) groups is 1. The van der Waals surface area contributed by atoms with Crippen LogP contribution in [0.1, 0.15) is 40.2 Å². The van der Waals surface area contributed by atoms with Crippen LogP contribution in [0.15, 0.2) is 53.4 Å². The molecule has 1 aliphatic rings. The molecule has 1 aliphatic heterocycles. The largest absolute Gasteiger partial charge is 0.322 e. The van der Waals surface area contributed by atoms with Crippen LogP contribution >= 0.6 is 11.6 Å². The van der Waals surface area contributed by atoms with Gasteiger partial charge in [-0.1, -0.05) is 23.7 Å². The molecule has 2 aromatic carbocycles. The van der Waals surface area contributed by atoms with E-state index in [-0.39, 0.29) is 5.91 Å². The van der Waals surface area contributed by atoms with E-state index in [1.807, 2.05) is 12.1 Å². The Morgan fingerprint density at radius 1 is 1.03 bits per heavy atom. The first-order valence-electron chi connectivity index (χ1n) is 10.5. The third-order valence-electron chi connectivity index (χ3n) is 5.63. The van der Waals surface area contributed by atoms with Crippen LogP contribution in [0.4, 0.5) is 5.69 Å². The molecule has 1 saturated heterocycles. The highest BCUT2D eigenvalue weighted by molar-refractivity contribution is 7.89. The summed E-state index contributed by atoms with van der Waals surface area (Å²) < 4.78 is 29.4. The fraction of sp³-hybridized carbons (Fsp3) is 0.304. The Bertz CT molecular complexity index is 1230. The molecular formula is C23H25ClN4O3S. The van der Waals surface area contributed by atoms with Crippen LogP contribution in [0.25, 0.3) is 0 Å². The number of hydrogen-bond acceptors (Lipinski definition) is 4. The summed E-state index contributed by atoms with van der Waals surface area (Å²) in [5.41, 5.74) is 3.24. The van der Waals surface area contributed by atoms with E-state index < -0.39 is 10.0 Å². The van der Waals surface area contributed by atoms with Gasteiger partial charge in [0, 0.05) is 29.4 Å². The Balaban J connectivity index is 1.49. The van der Waals surface area contributed by atoms with Gasteiger partial charge in [0.2, 0.25) is 10.0 Å². The SMILES string of the molecule is Cc1nn(Cc2ccc(C(=O)Nc3ccc(Cl)cc3)cc2)c(C)c1S(=O)(=O)N1CCCC1. The molecule has 0 bridgehead atoms. The van der Waals surface area contributed by atoms with Crippen LogP contribution < -0.4 is 5.32 Å². The molecule has 4 rings (SSSR count). The van der Waals surface area contributed by atoms with Crippen LogP contribution in [-0.4, -0.2) is 41.5 Å². The lowest BCUT2D eigenvalue weighted by molar-refractivity contribution is 0.102. The smallest absolute Gasteiger partial charge is 0.255 e. The van der Waals surface area contributed by atoms with Crippen LogP contribution in [0.5, 0.6) is 0 Å². The molecule has 0 atom stereocenters. The van der Waals surface area contributed by atoms with E-state index in [1.165, 1.54) is 0 Å². The maximum Gasteiger partial charge on any atom is 0.255 e. The van der Waals surface area contributed by atoms with Crippen LogP contribution in [0.3, 0.4) is 0 Å². The Morgan fingerprint density at radius 3 is 2.28 bits per heavy atom. The molecule has 0 aliphatic carbocycles. The summed E-state index contributed by atoms with van der Waals surface area (Å²) in [7, 11) is -3.53. The molecule has 0 unspecified atom stereocenters. The van der Waals surface area contributed by atoms with Gasteiger partial charge in [0.15, 0.2) is 0 Å². The van der Waals surface area contributed by atoms with Crippen molar-refractivity contribution in [2.24, 2.45) is 0 Å². The minimum Gasteiger partial charge on any atom is -0.322 e. The average Bonchev–Trinajstić information content (AvgIpc) is 3.39. The molecule has 3 aromatic rings. The summed E-state index contributed by atoms with van der Waals surface area (Å²) in [6.45, 7) is 5.06.